The van der Waals surface area contributed by atoms with Crippen LogP contribution in [-0.2, 0) is 44.6 Å². The largest absolute Gasteiger partial charge is 0.508 e. The molecular formula is C88H72O44. The van der Waals surface area contributed by atoms with Gasteiger partial charge in [0.15, 0.2) is 162 Å². The molecule has 4 heterocycles. The summed E-state index contributed by atoms with van der Waals surface area (Å²) in [7, 11) is 0. The van der Waals surface area contributed by atoms with Crippen molar-refractivity contribution in [1.29, 1.82) is 0 Å². The summed E-state index contributed by atoms with van der Waals surface area (Å²) in [4.78, 5) is 50.9. The van der Waals surface area contributed by atoms with Gasteiger partial charge < -0.3 is 201 Å². The van der Waals surface area contributed by atoms with E-state index in [1.807, 2.05) is 0 Å². The minimum Gasteiger partial charge on any atom is -0.508 e. The average Bonchev–Trinajstić information content (AvgIpc) is 0.779. The van der Waals surface area contributed by atoms with Gasteiger partial charge in [0, 0.05) is 119 Å². The number of ether oxygens (including phenoxy) is 8. The number of phenolic OH excluding ortho intramolecular Hbond substituents is 32. The van der Waals surface area contributed by atoms with Gasteiger partial charge in [-0.2, -0.15) is 0 Å². The van der Waals surface area contributed by atoms with Crippen molar-refractivity contribution >= 4 is 23.9 Å². The lowest BCUT2D eigenvalue weighted by Gasteiger charge is -2.34. The van der Waals surface area contributed by atoms with Crippen molar-refractivity contribution in [2.24, 2.45) is 0 Å². The van der Waals surface area contributed by atoms with Crippen molar-refractivity contribution in [1.82, 2.24) is 0 Å². The van der Waals surface area contributed by atoms with Gasteiger partial charge in [0.25, 0.3) is 0 Å². The molecule has 0 aromatic heterocycles. The molecule has 0 bridgehead atoms. The third-order valence-electron chi connectivity index (χ3n) is 20.6. The highest BCUT2D eigenvalue weighted by Crippen LogP contribution is 2.54. The molecule has 4 aliphatic heterocycles. The molecule has 12 aromatic rings. The Morgan fingerprint density at radius 1 is 0.189 bits per heavy atom. The number of fused-ring (bicyclic) bond motifs is 4. The molecule has 8 atom stereocenters. The van der Waals surface area contributed by atoms with Crippen LogP contribution < -0.4 is 18.9 Å². The number of hydrogen-bond acceptors (Lipinski definition) is 44. The number of carbonyl (C=O) groups excluding carboxylic acids is 4. The Bertz CT molecular complexity index is 5670. The predicted octanol–water partition coefficient (Wildman–Crippen LogP) is 8.93. The van der Waals surface area contributed by atoms with Crippen molar-refractivity contribution in [3.8, 4) is 207 Å². The van der Waals surface area contributed by atoms with Gasteiger partial charge in [-0.05, 0) is 97.1 Å². The molecule has 44 nitrogen and oxygen atoms in total. The zero-order chi connectivity index (χ0) is 96.1. The van der Waals surface area contributed by atoms with E-state index in [0.717, 1.165) is 121 Å². The van der Waals surface area contributed by atoms with E-state index in [4.69, 9.17) is 37.9 Å². The summed E-state index contributed by atoms with van der Waals surface area (Å²) in [5, 5.41) is 313. The fourth-order valence-electron chi connectivity index (χ4n) is 14.2. The maximum absolute atomic E-state index is 12.7. The molecule has 688 valence electrons. The topological polar surface area (TPSA) is 789 Å². The molecule has 4 aliphatic rings. The Hall–Kier alpha value is -18.7. The molecule has 0 amide bonds. The number of aromatic hydroxyl groups is 32. The van der Waals surface area contributed by atoms with E-state index in [0.29, 0.717) is 0 Å². The van der Waals surface area contributed by atoms with Crippen LogP contribution in [0.25, 0.3) is 0 Å². The summed E-state index contributed by atoms with van der Waals surface area (Å²) in [6.07, 6.45) is -9.95. The van der Waals surface area contributed by atoms with Crippen molar-refractivity contribution < 1.29 is 220 Å². The van der Waals surface area contributed by atoms with Gasteiger partial charge in [-0.1, -0.05) is 0 Å². The normalized spacial score (nSPS) is 17.1. The molecule has 12 aromatic carbocycles. The molecule has 0 fully saturated rings. The molecule has 0 saturated heterocycles. The smallest absolute Gasteiger partial charge is 0.338 e. The van der Waals surface area contributed by atoms with Gasteiger partial charge in [-0.25, -0.2) is 19.2 Å². The van der Waals surface area contributed by atoms with Gasteiger partial charge in [0.1, 0.15) is 93.4 Å². The molecule has 16 rings (SSSR count). The number of esters is 4. The van der Waals surface area contributed by atoms with Crippen LogP contribution >= 0.6 is 0 Å². The van der Waals surface area contributed by atoms with Crippen molar-refractivity contribution in [2.45, 2.75) is 74.5 Å². The zero-order valence-electron chi connectivity index (χ0n) is 66.5. The first-order valence-corrected chi connectivity index (χ1v) is 37.9. The Labute approximate surface area is 735 Å². The molecule has 0 aliphatic carbocycles. The van der Waals surface area contributed by atoms with Crippen LogP contribution in [-0.4, -0.2) is 212 Å². The molecule has 44 heteroatoms. The van der Waals surface area contributed by atoms with E-state index in [1.165, 1.54) is 24.3 Å². The highest BCUT2D eigenvalue weighted by Gasteiger charge is 2.43. The first-order chi connectivity index (χ1) is 62.2. The Kier molecular flexibility index (Phi) is 24.7. The molecule has 32 N–H and O–H groups in total. The van der Waals surface area contributed by atoms with Crippen LogP contribution in [0.15, 0.2) is 146 Å². The maximum Gasteiger partial charge on any atom is 0.338 e. The summed E-state index contributed by atoms with van der Waals surface area (Å²) in [5.41, 5.74) is -0.0754. The lowest BCUT2D eigenvalue weighted by atomic mass is 9.93. The van der Waals surface area contributed by atoms with Gasteiger partial charge in [-0.15, -0.1) is 0 Å². The van der Waals surface area contributed by atoms with Crippen molar-refractivity contribution in [3.05, 3.63) is 212 Å². The van der Waals surface area contributed by atoms with Gasteiger partial charge in [-0.3, -0.25) is 0 Å². The number of rotatable bonds is 12. The van der Waals surface area contributed by atoms with Crippen molar-refractivity contribution in [3.63, 3.8) is 0 Å². The van der Waals surface area contributed by atoms with Gasteiger partial charge in [0.2, 0.25) is 0 Å². The van der Waals surface area contributed by atoms with Crippen LogP contribution in [0.1, 0.15) is 110 Å². The highest BCUT2D eigenvalue weighted by molar-refractivity contribution is 5.94. The Morgan fingerprint density at radius 3 is 0.470 bits per heavy atom. The summed E-state index contributed by atoms with van der Waals surface area (Å²) in [6, 6.07) is 24.7. The first-order valence-electron chi connectivity index (χ1n) is 37.9. The quantitative estimate of drug-likeness (QED) is 0.0308. The molecular weight excluding hydrogens is 1760 g/mol. The summed E-state index contributed by atoms with van der Waals surface area (Å²) >= 11 is 0. The fourth-order valence-corrected chi connectivity index (χ4v) is 14.2. The third-order valence-corrected chi connectivity index (χ3v) is 20.6. The number of phenols is 32. The van der Waals surface area contributed by atoms with Crippen LogP contribution in [0, 0.1) is 0 Å². The minimum atomic E-state index is -1.18. The number of benzene rings is 12. The van der Waals surface area contributed by atoms with Gasteiger partial charge >= 0.3 is 23.9 Å². The average molecular weight is 1830 g/mol. The fraction of sp³-hybridized carbons (Fsp3) is 0.136. The second-order valence-corrected chi connectivity index (χ2v) is 29.6. The van der Waals surface area contributed by atoms with E-state index >= 15 is 0 Å². The van der Waals surface area contributed by atoms with Crippen LogP contribution in [0.2, 0.25) is 0 Å². The number of hydrogen-bond donors (Lipinski definition) is 32. The molecule has 132 heavy (non-hydrogen) atoms. The van der Waals surface area contributed by atoms with E-state index in [1.54, 1.807) is 0 Å². The van der Waals surface area contributed by atoms with Crippen LogP contribution in [0.3, 0.4) is 0 Å². The minimum absolute atomic E-state index is 0.0526. The monoisotopic (exact) mass is 1830 g/mol. The van der Waals surface area contributed by atoms with E-state index in [-0.39, 0.29) is 161 Å². The molecule has 0 spiro atoms. The molecule has 0 unspecified atom stereocenters. The second-order valence-electron chi connectivity index (χ2n) is 29.6. The lowest BCUT2D eigenvalue weighted by Crippen LogP contribution is -2.34. The Morgan fingerprint density at radius 2 is 0.326 bits per heavy atom. The van der Waals surface area contributed by atoms with Gasteiger partial charge in [0.05, 0.1) is 22.3 Å². The Balaban J connectivity index is 0.000000150. The molecule has 0 radical (unpaired) electrons. The SMILES string of the molecule is O=C(O[C@@H]1Cc2c(O)cc(O)cc2O[C@@H]1c1cc(O)c(O)c(O)c1)c1cc(O)c(O)c(O)c1.O=C(O[C@@H]1Cc2c(O)cc(O)cc2O[C@@H]1c1cc(O)c(O)c(O)c1)c1cc(O)c(O)c(O)c1.O=C(O[C@@H]1Cc2c(O)cc(O)cc2O[C@@H]1c1cc(O)c(O)c(O)c1)c1cc(O)c(O)c(O)c1.O=C(O[C@@H]1Cc2c(O)cc(O)cc2O[C@@H]1c1cc(O)c(O)c(O)c1)c1cc(O)c(O)c(O)c1. The number of carbonyl (C=O) groups is 4. The summed E-state index contributed by atoms with van der Waals surface area (Å²) in [5.74, 6) is -24.2. The maximum atomic E-state index is 12.7. The molecule has 0 saturated carbocycles. The standard InChI is InChI=1S/4C22H18O11/c4*23-10-5-12(24)11-7-18(33-22(31)9-3-15(27)20(30)16(28)4-9)21(32-17(11)6-10)8-1-13(25)19(29)14(26)2-8/h4*1-6,18,21,23-30H,7H2/t4*18-,21-/m1111/s1. The van der Waals surface area contributed by atoms with Crippen molar-refractivity contribution in [2.75, 3.05) is 0 Å². The van der Waals surface area contributed by atoms with E-state index in [9.17, 15) is 183 Å². The van der Waals surface area contributed by atoms with E-state index in [2.05, 4.69) is 0 Å². The van der Waals surface area contributed by atoms with Crippen LogP contribution in [0.5, 0.6) is 207 Å². The summed E-state index contributed by atoms with van der Waals surface area (Å²) in [6.45, 7) is 0. The summed E-state index contributed by atoms with van der Waals surface area (Å²) < 4.78 is 45.1. The zero-order valence-corrected chi connectivity index (χ0v) is 66.5. The van der Waals surface area contributed by atoms with Crippen LogP contribution in [0.4, 0.5) is 0 Å². The first kappa shape index (κ1) is 91.0. The predicted molar refractivity (Wildman–Crippen MR) is 436 cm³/mol. The third kappa shape index (κ3) is 18.7. The highest BCUT2D eigenvalue weighted by atomic mass is 16.6. The lowest BCUT2D eigenvalue weighted by molar-refractivity contribution is -0.0192. The van der Waals surface area contributed by atoms with E-state index < -0.39 is 211 Å². The second kappa shape index (κ2) is 35.7.